The second kappa shape index (κ2) is 8.07. The number of nitrogens with zero attached hydrogens (tertiary/aromatic N) is 2. The van der Waals surface area contributed by atoms with Crippen LogP contribution in [-0.2, 0) is 9.59 Å². The third-order valence-corrected chi connectivity index (χ3v) is 5.23. The lowest BCUT2D eigenvalue weighted by molar-refractivity contribution is -0.125. The van der Waals surface area contributed by atoms with E-state index in [1.807, 2.05) is 12.1 Å². The summed E-state index contributed by atoms with van der Waals surface area (Å²) in [7, 11) is 0. The van der Waals surface area contributed by atoms with Crippen LogP contribution in [0.25, 0.3) is 0 Å². The normalized spacial score (nSPS) is 18.1. The molecule has 0 aliphatic carbocycles. The smallest absolute Gasteiger partial charge is 0.243 e. The predicted molar refractivity (Wildman–Crippen MR) is 101 cm³/mol. The molecule has 1 aliphatic rings. The molecule has 0 spiro atoms. The van der Waals surface area contributed by atoms with Gasteiger partial charge in [0.2, 0.25) is 11.8 Å². The Hall–Kier alpha value is -3.10. The number of thioether (sulfide) groups is 1. The fourth-order valence-electron chi connectivity index (χ4n) is 2.69. The minimum Gasteiger partial charge on any atom is -0.325 e. The van der Waals surface area contributed by atoms with Crippen LogP contribution in [0, 0.1) is 34.0 Å². The number of hydrogen-bond acceptors (Lipinski definition) is 6. The SMILES string of the molecule is CC(=O)c1cccc(NC(=O)CSC2=C(C#N)C(C)(C)[C@H](C#N)C(=O)N2)c1. The van der Waals surface area contributed by atoms with Gasteiger partial charge in [-0.05, 0) is 19.1 Å². The van der Waals surface area contributed by atoms with Crippen LogP contribution in [0.5, 0.6) is 0 Å². The molecule has 0 saturated heterocycles. The summed E-state index contributed by atoms with van der Waals surface area (Å²) in [6.45, 7) is 4.76. The van der Waals surface area contributed by atoms with E-state index in [9.17, 15) is 24.9 Å². The summed E-state index contributed by atoms with van der Waals surface area (Å²) in [5.41, 5.74) is 0.296. The van der Waals surface area contributed by atoms with Gasteiger partial charge in [0.05, 0.1) is 28.5 Å². The number of Topliss-reactive ketones (excluding diaryl/α,β-unsaturated/α-hetero) is 1. The highest BCUT2D eigenvalue weighted by molar-refractivity contribution is 8.03. The molecular weight excluding hydrogens is 364 g/mol. The number of ketones is 1. The zero-order valence-electron chi connectivity index (χ0n) is 15.1. The number of allylic oxidation sites excluding steroid dienone is 1. The van der Waals surface area contributed by atoms with Gasteiger partial charge in [-0.2, -0.15) is 10.5 Å². The summed E-state index contributed by atoms with van der Waals surface area (Å²) < 4.78 is 0. The molecule has 7 nitrogen and oxygen atoms in total. The molecule has 0 bridgehead atoms. The number of nitriles is 2. The second-order valence-corrected chi connectivity index (χ2v) is 7.55. The molecule has 1 aliphatic heterocycles. The quantitative estimate of drug-likeness (QED) is 0.755. The minimum absolute atomic E-state index is 0.0433. The second-order valence-electron chi connectivity index (χ2n) is 6.56. The molecular formula is C19H18N4O3S. The molecule has 1 heterocycles. The van der Waals surface area contributed by atoms with Crippen molar-refractivity contribution < 1.29 is 14.4 Å². The van der Waals surface area contributed by atoms with Gasteiger partial charge >= 0.3 is 0 Å². The maximum Gasteiger partial charge on any atom is 0.243 e. The third kappa shape index (κ3) is 4.36. The molecule has 0 radical (unpaired) electrons. The summed E-state index contributed by atoms with van der Waals surface area (Å²) in [6, 6.07) is 10.5. The maximum absolute atomic E-state index is 12.2. The van der Waals surface area contributed by atoms with Crippen LogP contribution in [0.4, 0.5) is 5.69 Å². The first-order valence-corrected chi connectivity index (χ1v) is 9.08. The lowest BCUT2D eigenvalue weighted by atomic mass is 9.72. The Morgan fingerprint density at radius 3 is 2.63 bits per heavy atom. The zero-order valence-corrected chi connectivity index (χ0v) is 15.9. The van der Waals surface area contributed by atoms with Crippen LogP contribution in [0.1, 0.15) is 31.1 Å². The van der Waals surface area contributed by atoms with Crippen molar-refractivity contribution in [3.63, 3.8) is 0 Å². The maximum atomic E-state index is 12.2. The Morgan fingerprint density at radius 1 is 1.33 bits per heavy atom. The van der Waals surface area contributed by atoms with Crippen molar-refractivity contribution in [3.05, 3.63) is 40.4 Å². The number of carbonyl (C=O) groups is 3. The van der Waals surface area contributed by atoms with Gasteiger partial charge in [-0.3, -0.25) is 14.4 Å². The van der Waals surface area contributed by atoms with Crippen molar-refractivity contribution >= 4 is 35.0 Å². The van der Waals surface area contributed by atoms with E-state index in [1.54, 1.807) is 38.1 Å². The molecule has 0 saturated carbocycles. The highest BCUT2D eigenvalue weighted by Gasteiger charge is 2.44. The van der Waals surface area contributed by atoms with Gasteiger partial charge in [-0.1, -0.05) is 37.7 Å². The van der Waals surface area contributed by atoms with Gasteiger partial charge in [0.25, 0.3) is 0 Å². The van der Waals surface area contributed by atoms with Crippen LogP contribution in [0.2, 0.25) is 0 Å². The Kier molecular flexibility index (Phi) is 6.04. The standard InChI is InChI=1S/C19H18N4O3S/c1-11(24)12-5-4-6-13(7-12)22-16(25)10-27-18-15(9-21)19(2,3)14(8-20)17(26)23-18/h4-7,14H,10H2,1-3H3,(H,22,25)(H,23,26)/t14-/m1/s1. The summed E-state index contributed by atoms with van der Waals surface area (Å²) in [6.07, 6.45) is 0. The van der Waals surface area contributed by atoms with Crippen LogP contribution < -0.4 is 10.6 Å². The zero-order chi connectivity index (χ0) is 20.2. The summed E-state index contributed by atoms with van der Waals surface area (Å²) >= 11 is 1.02. The van der Waals surface area contributed by atoms with Crippen molar-refractivity contribution in [1.29, 1.82) is 10.5 Å². The number of amides is 2. The van der Waals surface area contributed by atoms with Gasteiger partial charge in [0.1, 0.15) is 5.92 Å². The Morgan fingerprint density at radius 2 is 2.04 bits per heavy atom. The Labute approximate surface area is 161 Å². The Balaban J connectivity index is 2.12. The molecule has 0 fully saturated rings. The van der Waals surface area contributed by atoms with Crippen LogP contribution in [-0.4, -0.2) is 23.4 Å². The number of carbonyl (C=O) groups excluding carboxylic acids is 3. The lowest BCUT2D eigenvalue weighted by Crippen LogP contribution is -2.44. The van der Waals surface area contributed by atoms with Crippen LogP contribution >= 0.6 is 11.8 Å². The Bertz CT molecular complexity index is 922. The van der Waals surface area contributed by atoms with Gasteiger partial charge < -0.3 is 10.6 Å². The molecule has 0 aromatic heterocycles. The van der Waals surface area contributed by atoms with Crippen molar-refractivity contribution in [1.82, 2.24) is 5.32 Å². The molecule has 2 amide bonds. The summed E-state index contributed by atoms with van der Waals surface area (Å²) in [5, 5.41) is 24.2. The van der Waals surface area contributed by atoms with E-state index in [2.05, 4.69) is 10.6 Å². The molecule has 1 atom stereocenters. The number of anilines is 1. The first-order valence-electron chi connectivity index (χ1n) is 8.09. The summed E-state index contributed by atoms with van der Waals surface area (Å²) in [4.78, 5) is 35.7. The van der Waals surface area contributed by atoms with Crippen LogP contribution in [0.15, 0.2) is 34.9 Å². The minimum atomic E-state index is -0.973. The molecule has 1 aromatic rings. The largest absolute Gasteiger partial charge is 0.325 e. The van der Waals surface area contributed by atoms with Gasteiger partial charge in [-0.25, -0.2) is 0 Å². The fraction of sp³-hybridized carbons (Fsp3) is 0.316. The van der Waals surface area contributed by atoms with Crippen molar-refractivity contribution in [2.45, 2.75) is 20.8 Å². The molecule has 2 rings (SSSR count). The van der Waals surface area contributed by atoms with E-state index < -0.39 is 17.2 Å². The average Bonchev–Trinajstić information content (AvgIpc) is 2.59. The summed E-state index contributed by atoms with van der Waals surface area (Å²) in [5.74, 6) is -1.96. The van der Waals surface area contributed by atoms with Gasteiger partial charge in [0.15, 0.2) is 5.78 Å². The van der Waals surface area contributed by atoms with E-state index in [1.165, 1.54) is 6.92 Å². The lowest BCUT2D eigenvalue weighted by Gasteiger charge is -2.34. The first kappa shape index (κ1) is 20.2. The van der Waals surface area contributed by atoms with E-state index in [0.717, 1.165) is 11.8 Å². The highest BCUT2D eigenvalue weighted by atomic mass is 32.2. The molecule has 1 aromatic carbocycles. The monoisotopic (exact) mass is 382 g/mol. The predicted octanol–water partition coefficient (Wildman–Crippen LogP) is 2.59. The van der Waals surface area contributed by atoms with E-state index in [-0.39, 0.29) is 28.0 Å². The van der Waals surface area contributed by atoms with Gasteiger partial charge in [-0.15, -0.1) is 0 Å². The number of nitrogens with one attached hydrogen (secondary N) is 2. The number of rotatable bonds is 5. The molecule has 2 N–H and O–H groups in total. The first-order chi connectivity index (χ1) is 12.7. The van der Waals surface area contributed by atoms with Crippen molar-refractivity contribution in [2.75, 3.05) is 11.1 Å². The van der Waals surface area contributed by atoms with Crippen molar-refractivity contribution in [2.24, 2.45) is 11.3 Å². The molecule has 27 heavy (non-hydrogen) atoms. The van der Waals surface area contributed by atoms with E-state index in [0.29, 0.717) is 11.3 Å². The van der Waals surface area contributed by atoms with E-state index >= 15 is 0 Å². The molecule has 138 valence electrons. The van der Waals surface area contributed by atoms with Gasteiger partial charge in [0, 0.05) is 16.7 Å². The third-order valence-electron chi connectivity index (χ3n) is 4.23. The average molecular weight is 382 g/mol. The van der Waals surface area contributed by atoms with E-state index in [4.69, 9.17) is 0 Å². The topological polar surface area (TPSA) is 123 Å². The van der Waals surface area contributed by atoms with Crippen molar-refractivity contribution in [3.8, 4) is 12.1 Å². The van der Waals surface area contributed by atoms with Crippen LogP contribution in [0.3, 0.4) is 0 Å². The number of benzene rings is 1. The highest BCUT2D eigenvalue weighted by Crippen LogP contribution is 2.41. The molecule has 0 unspecified atom stereocenters. The fourth-order valence-corrected chi connectivity index (χ4v) is 3.66. The number of hydrogen-bond donors (Lipinski definition) is 2. The molecule has 8 heteroatoms.